The fourth-order valence-corrected chi connectivity index (χ4v) is 1.73. The van der Waals surface area contributed by atoms with Gasteiger partial charge in [-0.05, 0) is 24.1 Å². The third-order valence-electron chi connectivity index (χ3n) is 2.41. The summed E-state index contributed by atoms with van der Waals surface area (Å²) >= 11 is 5.66. The van der Waals surface area contributed by atoms with Crippen LogP contribution in [0.25, 0.3) is 0 Å². The van der Waals surface area contributed by atoms with Gasteiger partial charge in [0.1, 0.15) is 11.7 Å². The Hall–Kier alpha value is -1.42. The van der Waals surface area contributed by atoms with Gasteiger partial charge in [0.15, 0.2) is 5.78 Å². The molecule has 0 heterocycles. The molecule has 0 fully saturated rings. The van der Waals surface area contributed by atoms with Gasteiger partial charge in [-0.15, -0.1) is 0 Å². The molecule has 0 amide bonds. The van der Waals surface area contributed by atoms with Crippen LogP contribution in [-0.2, 0) is 4.79 Å². The lowest BCUT2D eigenvalue weighted by Crippen LogP contribution is -2.29. The molecule has 0 aliphatic carbocycles. The van der Waals surface area contributed by atoms with E-state index in [-0.39, 0.29) is 10.6 Å². The molecule has 1 unspecified atom stereocenters. The van der Waals surface area contributed by atoms with Crippen LogP contribution in [0.1, 0.15) is 24.2 Å². The number of aliphatic carboxylic acids is 1. The Balaban J connectivity index is 3.18. The highest BCUT2D eigenvalue weighted by atomic mass is 35.5. The van der Waals surface area contributed by atoms with Crippen molar-refractivity contribution in [3.63, 3.8) is 0 Å². The van der Waals surface area contributed by atoms with Crippen LogP contribution in [0.4, 0.5) is 4.39 Å². The Kier molecular flexibility index (Phi) is 4.23. The van der Waals surface area contributed by atoms with Gasteiger partial charge in [-0.2, -0.15) is 0 Å². The third-order valence-corrected chi connectivity index (χ3v) is 2.64. The molecule has 3 nitrogen and oxygen atoms in total. The molecule has 0 bridgehead atoms. The molecule has 0 aromatic heterocycles. The van der Waals surface area contributed by atoms with Crippen molar-refractivity contribution in [2.75, 3.05) is 0 Å². The number of hydrogen-bond acceptors (Lipinski definition) is 2. The van der Waals surface area contributed by atoms with Crippen LogP contribution in [-0.4, -0.2) is 16.9 Å². The third kappa shape index (κ3) is 3.03. The van der Waals surface area contributed by atoms with E-state index in [1.165, 1.54) is 6.07 Å². The van der Waals surface area contributed by atoms with E-state index in [9.17, 15) is 14.0 Å². The molecule has 1 N–H and O–H groups in total. The van der Waals surface area contributed by atoms with Crippen LogP contribution in [0, 0.1) is 17.7 Å². The van der Waals surface area contributed by atoms with Crippen molar-refractivity contribution >= 4 is 23.4 Å². The molecule has 0 saturated carbocycles. The number of Topliss-reactive ketones (excluding diaryl/α,β-unsaturated/α-hetero) is 1. The van der Waals surface area contributed by atoms with Crippen LogP contribution in [0.3, 0.4) is 0 Å². The summed E-state index contributed by atoms with van der Waals surface area (Å²) < 4.78 is 13.4. The normalized spacial score (nSPS) is 12.5. The van der Waals surface area contributed by atoms with Gasteiger partial charge < -0.3 is 5.11 Å². The van der Waals surface area contributed by atoms with Gasteiger partial charge in [0.2, 0.25) is 0 Å². The molecule has 1 aromatic carbocycles. The van der Waals surface area contributed by atoms with Crippen LogP contribution in [0.5, 0.6) is 0 Å². The van der Waals surface area contributed by atoms with Crippen molar-refractivity contribution in [1.82, 2.24) is 0 Å². The molecule has 1 atom stereocenters. The summed E-state index contributed by atoms with van der Waals surface area (Å²) in [5, 5.41) is 9.16. The van der Waals surface area contributed by atoms with Gasteiger partial charge in [-0.1, -0.05) is 25.4 Å². The van der Waals surface area contributed by atoms with E-state index >= 15 is 0 Å². The average molecular weight is 259 g/mol. The van der Waals surface area contributed by atoms with E-state index in [2.05, 4.69) is 0 Å². The lowest BCUT2D eigenvalue weighted by molar-refractivity contribution is -0.141. The monoisotopic (exact) mass is 258 g/mol. The van der Waals surface area contributed by atoms with E-state index in [0.29, 0.717) is 0 Å². The van der Waals surface area contributed by atoms with Crippen LogP contribution in [0.15, 0.2) is 18.2 Å². The highest BCUT2D eigenvalue weighted by Crippen LogP contribution is 2.22. The first-order chi connectivity index (χ1) is 7.84. The van der Waals surface area contributed by atoms with E-state index in [0.717, 1.165) is 12.1 Å². The summed E-state index contributed by atoms with van der Waals surface area (Å²) in [5.41, 5.74) is -0.279. The molecule has 0 aliphatic heterocycles. The summed E-state index contributed by atoms with van der Waals surface area (Å²) in [6.45, 7) is 3.19. The van der Waals surface area contributed by atoms with Gasteiger partial charge in [0, 0.05) is 5.02 Å². The molecule has 0 radical (unpaired) electrons. The topological polar surface area (TPSA) is 54.4 Å². The van der Waals surface area contributed by atoms with Crippen molar-refractivity contribution in [3.8, 4) is 0 Å². The molecule has 0 spiro atoms. The Morgan fingerprint density at radius 1 is 1.35 bits per heavy atom. The van der Waals surface area contributed by atoms with Crippen LogP contribution < -0.4 is 0 Å². The van der Waals surface area contributed by atoms with Gasteiger partial charge in [-0.25, -0.2) is 4.39 Å². The molecule has 5 heteroatoms. The first-order valence-electron chi connectivity index (χ1n) is 5.06. The lowest BCUT2D eigenvalue weighted by Gasteiger charge is -2.15. The van der Waals surface area contributed by atoms with Crippen molar-refractivity contribution in [3.05, 3.63) is 34.6 Å². The maximum atomic E-state index is 13.4. The van der Waals surface area contributed by atoms with Gasteiger partial charge in [-0.3, -0.25) is 9.59 Å². The zero-order valence-electron chi connectivity index (χ0n) is 9.41. The number of carbonyl (C=O) groups is 2. The zero-order valence-corrected chi connectivity index (χ0v) is 10.2. The van der Waals surface area contributed by atoms with Gasteiger partial charge >= 0.3 is 5.97 Å². The summed E-state index contributed by atoms with van der Waals surface area (Å²) in [6.07, 6.45) is 0. The Morgan fingerprint density at radius 3 is 2.41 bits per heavy atom. The fraction of sp³-hybridized carbons (Fsp3) is 0.333. The Bertz CT molecular complexity index is 457. The summed E-state index contributed by atoms with van der Waals surface area (Å²) in [6, 6.07) is 3.51. The predicted octanol–water partition coefficient (Wildman–Crippen LogP) is 3.02. The molecule has 0 saturated heterocycles. The number of carboxylic acids is 1. The number of ketones is 1. The minimum absolute atomic E-state index is 0.197. The zero-order chi connectivity index (χ0) is 13.2. The second-order valence-electron chi connectivity index (χ2n) is 4.05. The Labute approximate surface area is 103 Å². The van der Waals surface area contributed by atoms with Crippen molar-refractivity contribution in [1.29, 1.82) is 0 Å². The highest BCUT2D eigenvalue weighted by Gasteiger charge is 2.31. The largest absolute Gasteiger partial charge is 0.481 e. The number of halogens is 2. The first kappa shape index (κ1) is 13.6. The molecular formula is C12H12ClFO3. The number of hydrogen-bond donors (Lipinski definition) is 1. The smallest absolute Gasteiger partial charge is 0.314 e. The minimum Gasteiger partial charge on any atom is -0.481 e. The number of carbonyl (C=O) groups excluding carboxylic acids is 1. The fourth-order valence-electron chi connectivity index (χ4n) is 1.55. The summed E-state index contributed by atoms with van der Waals surface area (Å²) in [5.74, 6) is -4.45. The average Bonchev–Trinajstić information content (AvgIpc) is 2.20. The SMILES string of the molecule is CC(C)C(C(=O)O)C(=O)c1cc(Cl)ccc1F. The van der Waals surface area contributed by atoms with Crippen molar-refractivity contribution in [2.45, 2.75) is 13.8 Å². The second kappa shape index (κ2) is 5.27. The van der Waals surface area contributed by atoms with Gasteiger partial charge in [0.05, 0.1) is 5.56 Å². The molecule has 1 rings (SSSR count). The number of rotatable bonds is 4. The maximum absolute atomic E-state index is 13.4. The van der Waals surface area contributed by atoms with Gasteiger partial charge in [0.25, 0.3) is 0 Å². The van der Waals surface area contributed by atoms with Crippen LogP contribution in [0.2, 0.25) is 5.02 Å². The molecule has 0 aliphatic rings. The summed E-state index contributed by atoms with van der Waals surface area (Å²) in [4.78, 5) is 22.9. The lowest BCUT2D eigenvalue weighted by atomic mass is 9.88. The number of carboxylic acid groups (broad SMARTS) is 1. The standard InChI is InChI=1S/C12H12ClFO3/c1-6(2)10(12(16)17)11(15)8-5-7(13)3-4-9(8)14/h3-6,10H,1-2H3,(H,16,17). The first-order valence-corrected chi connectivity index (χ1v) is 5.44. The predicted molar refractivity (Wildman–Crippen MR) is 61.7 cm³/mol. The maximum Gasteiger partial charge on any atom is 0.314 e. The quantitative estimate of drug-likeness (QED) is 0.667. The minimum atomic E-state index is -1.26. The van der Waals surface area contributed by atoms with E-state index in [1.54, 1.807) is 13.8 Å². The van der Waals surface area contributed by atoms with E-state index in [4.69, 9.17) is 16.7 Å². The Morgan fingerprint density at radius 2 is 1.94 bits per heavy atom. The molecule has 92 valence electrons. The number of benzene rings is 1. The van der Waals surface area contributed by atoms with Crippen molar-refractivity contribution < 1.29 is 19.1 Å². The van der Waals surface area contributed by atoms with E-state index < -0.39 is 29.4 Å². The van der Waals surface area contributed by atoms with Crippen LogP contribution >= 0.6 is 11.6 Å². The molecule has 17 heavy (non-hydrogen) atoms. The molecular weight excluding hydrogens is 247 g/mol. The molecule has 1 aromatic rings. The van der Waals surface area contributed by atoms with Crippen molar-refractivity contribution in [2.24, 2.45) is 11.8 Å². The second-order valence-corrected chi connectivity index (χ2v) is 4.48. The summed E-state index contributed by atoms with van der Waals surface area (Å²) in [7, 11) is 0. The van der Waals surface area contributed by atoms with E-state index in [1.807, 2.05) is 0 Å². The highest BCUT2D eigenvalue weighted by molar-refractivity contribution is 6.31.